The highest BCUT2D eigenvalue weighted by Crippen LogP contribution is 2.38. The summed E-state index contributed by atoms with van der Waals surface area (Å²) in [5.74, 6) is -0.412. The third kappa shape index (κ3) is 5.49. The smallest absolute Gasteiger partial charge is 0.416 e. The summed E-state index contributed by atoms with van der Waals surface area (Å²) in [6.07, 6.45) is -3.74. The molecule has 2 aliphatic rings. The fourth-order valence-corrected chi connectivity index (χ4v) is 4.01. The molecule has 0 aliphatic carbocycles. The summed E-state index contributed by atoms with van der Waals surface area (Å²) >= 11 is 6.19. The maximum Gasteiger partial charge on any atom is 0.416 e. The molecule has 0 N–H and O–H groups in total. The Morgan fingerprint density at radius 1 is 1.03 bits per heavy atom. The number of hydrogen-bond donors (Lipinski definition) is 0. The van der Waals surface area contributed by atoms with Crippen LogP contribution in [0.3, 0.4) is 0 Å². The van der Waals surface area contributed by atoms with Crippen molar-refractivity contribution < 1.29 is 37.0 Å². The zero-order valence-electron chi connectivity index (χ0n) is 18.1. The van der Waals surface area contributed by atoms with Gasteiger partial charge in [-0.25, -0.2) is 4.79 Å². The van der Waals surface area contributed by atoms with Crippen LogP contribution in [0.2, 0.25) is 5.02 Å². The van der Waals surface area contributed by atoms with Crippen molar-refractivity contribution in [3.63, 3.8) is 0 Å². The molecule has 1 fully saturated rings. The van der Waals surface area contributed by atoms with Crippen molar-refractivity contribution in [1.82, 2.24) is 4.90 Å². The van der Waals surface area contributed by atoms with Gasteiger partial charge in [-0.3, -0.25) is 4.79 Å². The first-order valence-electron chi connectivity index (χ1n) is 10.7. The van der Waals surface area contributed by atoms with Gasteiger partial charge in [-0.15, -0.1) is 0 Å². The highest BCUT2D eigenvalue weighted by molar-refractivity contribution is 6.32. The lowest BCUT2D eigenvalue weighted by Crippen LogP contribution is -2.50. The first-order chi connectivity index (χ1) is 16.2. The summed E-state index contributed by atoms with van der Waals surface area (Å²) in [5, 5.41) is 0.211. The van der Waals surface area contributed by atoms with Gasteiger partial charge in [0.2, 0.25) is 0 Å². The SMILES string of the molecule is O=C(OCC(=O)N1CCN(c2cccc(C(F)(F)F)c2)CC1)c1cc(Cl)c2c(c1)OCCCO2. The van der Waals surface area contributed by atoms with Crippen LogP contribution in [0.25, 0.3) is 0 Å². The van der Waals surface area contributed by atoms with Crippen molar-refractivity contribution in [3.8, 4) is 11.5 Å². The molecule has 0 radical (unpaired) electrons. The molecule has 0 atom stereocenters. The van der Waals surface area contributed by atoms with Gasteiger partial charge >= 0.3 is 12.1 Å². The van der Waals surface area contributed by atoms with E-state index >= 15 is 0 Å². The number of esters is 1. The lowest BCUT2D eigenvalue weighted by Gasteiger charge is -2.36. The standard InChI is InChI=1S/C23H22ClF3N2O5/c24-18-11-15(12-19-21(18)33-10-2-9-32-19)22(31)34-14-20(30)29-7-5-28(6-8-29)17-4-1-3-16(13-17)23(25,26)27/h1,3-4,11-13H,2,5-10,14H2. The minimum absolute atomic E-state index is 0.136. The first kappa shape index (κ1) is 24.0. The van der Waals surface area contributed by atoms with Gasteiger partial charge in [-0.1, -0.05) is 17.7 Å². The van der Waals surface area contributed by atoms with Crippen molar-refractivity contribution in [2.75, 3.05) is 50.9 Å². The van der Waals surface area contributed by atoms with Gasteiger partial charge in [0.1, 0.15) is 0 Å². The molecule has 2 aromatic carbocycles. The second kappa shape index (κ2) is 10.0. The zero-order valence-corrected chi connectivity index (χ0v) is 18.8. The molecular formula is C23H22ClF3N2O5. The molecule has 182 valence electrons. The number of piperazine rings is 1. The second-order valence-electron chi connectivity index (χ2n) is 7.83. The highest BCUT2D eigenvalue weighted by atomic mass is 35.5. The van der Waals surface area contributed by atoms with Gasteiger partial charge in [0.05, 0.1) is 29.4 Å². The average molecular weight is 499 g/mol. The van der Waals surface area contributed by atoms with Gasteiger partial charge in [0.25, 0.3) is 5.91 Å². The topological polar surface area (TPSA) is 68.3 Å². The third-order valence-electron chi connectivity index (χ3n) is 5.54. The molecule has 2 aliphatic heterocycles. The molecule has 0 saturated carbocycles. The molecule has 2 aromatic rings. The van der Waals surface area contributed by atoms with Crippen LogP contribution >= 0.6 is 11.6 Å². The van der Waals surface area contributed by atoms with Gasteiger partial charge in [-0.05, 0) is 30.3 Å². The van der Waals surface area contributed by atoms with Crippen LogP contribution in [-0.2, 0) is 15.7 Å². The molecule has 2 heterocycles. The largest absolute Gasteiger partial charge is 0.489 e. The van der Waals surface area contributed by atoms with E-state index in [-0.39, 0.29) is 10.6 Å². The summed E-state index contributed by atoms with van der Waals surface area (Å²) in [4.78, 5) is 28.3. The second-order valence-corrected chi connectivity index (χ2v) is 8.24. The molecule has 0 spiro atoms. The van der Waals surface area contributed by atoms with E-state index in [4.69, 9.17) is 25.8 Å². The number of halogens is 4. The maximum atomic E-state index is 13.0. The van der Waals surface area contributed by atoms with E-state index in [1.54, 1.807) is 11.0 Å². The van der Waals surface area contributed by atoms with E-state index in [1.165, 1.54) is 23.1 Å². The Hall–Kier alpha value is -3.14. The molecule has 4 rings (SSSR count). The van der Waals surface area contributed by atoms with E-state index in [0.717, 1.165) is 12.1 Å². The summed E-state index contributed by atoms with van der Waals surface area (Å²) in [6, 6.07) is 7.95. The maximum absolute atomic E-state index is 13.0. The number of hydrogen-bond acceptors (Lipinski definition) is 6. The number of carbonyl (C=O) groups excluding carboxylic acids is 2. The minimum atomic E-state index is -4.42. The normalized spacial score (nSPS) is 16.1. The predicted molar refractivity (Wildman–Crippen MR) is 118 cm³/mol. The Morgan fingerprint density at radius 3 is 2.50 bits per heavy atom. The Balaban J connectivity index is 1.31. The van der Waals surface area contributed by atoms with Crippen LogP contribution in [-0.4, -0.2) is 62.8 Å². The molecule has 7 nitrogen and oxygen atoms in total. The number of nitrogens with zero attached hydrogens (tertiary/aromatic N) is 2. The molecule has 11 heteroatoms. The van der Waals surface area contributed by atoms with E-state index in [9.17, 15) is 22.8 Å². The molecule has 0 bridgehead atoms. The van der Waals surface area contributed by atoms with Crippen molar-refractivity contribution in [1.29, 1.82) is 0 Å². The number of amides is 1. The fraction of sp³-hybridized carbons (Fsp3) is 0.391. The quantitative estimate of drug-likeness (QED) is 0.593. The molecule has 0 unspecified atom stereocenters. The lowest BCUT2D eigenvalue weighted by atomic mass is 10.1. The van der Waals surface area contributed by atoms with Crippen LogP contribution in [0.15, 0.2) is 36.4 Å². The van der Waals surface area contributed by atoms with Crippen LogP contribution in [0.1, 0.15) is 22.3 Å². The predicted octanol–water partition coefficient (Wildman–Crippen LogP) is 4.03. The number of alkyl halides is 3. The molecular weight excluding hydrogens is 477 g/mol. The van der Waals surface area contributed by atoms with E-state index in [2.05, 4.69) is 0 Å². The molecule has 1 saturated heterocycles. The van der Waals surface area contributed by atoms with Gasteiger partial charge in [0.15, 0.2) is 18.1 Å². The molecule has 34 heavy (non-hydrogen) atoms. The van der Waals surface area contributed by atoms with Crippen molar-refractivity contribution in [3.05, 3.63) is 52.5 Å². The molecule has 1 amide bonds. The Kier molecular flexibility index (Phi) is 7.06. The van der Waals surface area contributed by atoms with Crippen LogP contribution in [0, 0.1) is 0 Å². The molecule has 0 aromatic heterocycles. The summed E-state index contributed by atoms with van der Waals surface area (Å²) in [5.41, 5.74) is -0.138. The number of anilines is 1. The van der Waals surface area contributed by atoms with Crippen LogP contribution in [0.4, 0.5) is 18.9 Å². The van der Waals surface area contributed by atoms with Gasteiger partial charge < -0.3 is 24.0 Å². The van der Waals surface area contributed by atoms with Gasteiger partial charge in [-0.2, -0.15) is 13.2 Å². The zero-order chi connectivity index (χ0) is 24.3. The Bertz CT molecular complexity index is 1070. The number of ether oxygens (including phenoxy) is 3. The summed E-state index contributed by atoms with van der Waals surface area (Å²) < 4.78 is 55.1. The fourth-order valence-electron chi connectivity index (χ4n) is 3.74. The minimum Gasteiger partial charge on any atom is -0.489 e. The number of carbonyl (C=O) groups is 2. The number of benzene rings is 2. The Morgan fingerprint density at radius 2 is 1.76 bits per heavy atom. The van der Waals surface area contributed by atoms with Crippen molar-refractivity contribution in [2.45, 2.75) is 12.6 Å². The average Bonchev–Trinajstić information content (AvgIpc) is 3.08. The monoisotopic (exact) mass is 498 g/mol. The summed E-state index contributed by atoms with van der Waals surface area (Å²) in [6.45, 7) is 1.72. The Labute approximate surface area is 198 Å². The van der Waals surface area contributed by atoms with E-state index in [1.807, 2.05) is 0 Å². The summed E-state index contributed by atoms with van der Waals surface area (Å²) in [7, 11) is 0. The number of fused-ring (bicyclic) bond motifs is 1. The van der Waals surface area contributed by atoms with Crippen LogP contribution in [0.5, 0.6) is 11.5 Å². The lowest BCUT2D eigenvalue weighted by molar-refractivity contribution is -0.137. The third-order valence-corrected chi connectivity index (χ3v) is 5.82. The van der Waals surface area contributed by atoms with E-state index < -0.39 is 30.2 Å². The van der Waals surface area contributed by atoms with Gasteiger partial charge in [0, 0.05) is 38.3 Å². The van der Waals surface area contributed by atoms with Crippen molar-refractivity contribution in [2.24, 2.45) is 0 Å². The van der Waals surface area contributed by atoms with Crippen molar-refractivity contribution >= 4 is 29.2 Å². The first-order valence-corrected chi connectivity index (χ1v) is 11.1. The number of rotatable bonds is 4. The van der Waals surface area contributed by atoms with E-state index in [0.29, 0.717) is 63.0 Å². The van der Waals surface area contributed by atoms with Crippen LogP contribution < -0.4 is 14.4 Å². The highest BCUT2D eigenvalue weighted by Gasteiger charge is 2.31.